The zero-order chi connectivity index (χ0) is 21.0. The SMILES string of the molecule is C=CCN(Cc1nc(-c2ccc(Cl)cc2)no1)S(=O)(=O)c1ccc(C(C)C)cc1. The molecule has 3 aromatic rings. The third kappa shape index (κ3) is 4.93. The maximum atomic E-state index is 13.1. The van der Waals surface area contributed by atoms with Crippen LogP contribution in [0.25, 0.3) is 11.4 Å². The molecular weight excluding hydrogens is 410 g/mol. The van der Waals surface area contributed by atoms with Crippen LogP contribution in [0.3, 0.4) is 0 Å². The second kappa shape index (κ2) is 8.90. The maximum absolute atomic E-state index is 13.1. The first kappa shape index (κ1) is 21.2. The number of sulfonamides is 1. The van der Waals surface area contributed by atoms with E-state index in [0.717, 1.165) is 11.1 Å². The largest absolute Gasteiger partial charge is 0.338 e. The van der Waals surface area contributed by atoms with E-state index in [4.69, 9.17) is 16.1 Å². The van der Waals surface area contributed by atoms with Crippen molar-refractivity contribution in [1.29, 1.82) is 0 Å². The van der Waals surface area contributed by atoms with Gasteiger partial charge >= 0.3 is 0 Å². The van der Waals surface area contributed by atoms with Gasteiger partial charge in [0.1, 0.15) is 0 Å². The zero-order valence-corrected chi connectivity index (χ0v) is 17.8. The molecule has 0 bridgehead atoms. The Balaban J connectivity index is 1.84. The molecule has 0 aliphatic heterocycles. The molecule has 0 spiro atoms. The van der Waals surface area contributed by atoms with Crippen LogP contribution in [0.2, 0.25) is 5.02 Å². The number of halogens is 1. The fourth-order valence-electron chi connectivity index (χ4n) is 2.75. The quantitative estimate of drug-likeness (QED) is 0.474. The first-order chi connectivity index (χ1) is 13.8. The molecule has 1 aromatic heterocycles. The van der Waals surface area contributed by atoms with E-state index in [1.807, 2.05) is 12.1 Å². The summed E-state index contributed by atoms with van der Waals surface area (Å²) in [4.78, 5) is 4.52. The highest BCUT2D eigenvalue weighted by Gasteiger charge is 2.26. The predicted molar refractivity (Wildman–Crippen MR) is 113 cm³/mol. The molecule has 0 radical (unpaired) electrons. The van der Waals surface area contributed by atoms with Crippen molar-refractivity contribution in [2.45, 2.75) is 31.2 Å². The minimum absolute atomic E-state index is 0.0547. The van der Waals surface area contributed by atoms with E-state index in [1.54, 1.807) is 36.4 Å². The first-order valence-electron chi connectivity index (χ1n) is 9.11. The highest BCUT2D eigenvalue weighted by atomic mass is 35.5. The predicted octanol–water partition coefficient (Wildman–Crippen LogP) is 4.89. The molecule has 2 aromatic carbocycles. The van der Waals surface area contributed by atoms with Crippen molar-refractivity contribution in [2.75, 3.05) is 6.54 Å². The lowest BCUT2D eigenvalue weighted by atomic mass is 10.0. The molecule has 0 amide bonds. The summed E-state index contributed by atoms with van der Waals surface area (Å²) in [5.74, 6) is 0.883. The molecule has 0 saturated carbocycles. The lowest BCUT2D eigenvalue weighted by molar-refractivity contribution is 0.327. The van der Waals surface area contributed by atoms with E-state index < -0.39 is 10.0 Å². The second-order valence-corrected chi connectivity index (χ2v) is 9.20. The fraction of sp³-hybridized carbons (Fsp3) is 0.238. The highest BCUT2D eigenvalue weighted by molar-refractivity contribution is 7.89. The van der Waals surface area contributed by atoms with Crippen molar-refractivity contribution in [3.8, 4) is 11.4 Å². The first-order valence-corrected chi connectivity index (χ1v) is 10.9. The average Bonchev–Trinajstić information content (AvgIpc) is 3.17. The Morgan fingerprint density at radius 2 is 1.79 bits per heavy atom. The fourth-order valence-corrected chi connectivity index (χ4v) is 4.24. The van der Waals surface area contributed by atoms with Crippen LogP contribution in [0.1, 0.15) is 31.2 Å². The van der Waals surface area contributed by atoms with E-state index >= 15 is 0 Å². The summed E-state index contributed by atoms with van der Waals surface area (Å²) in [6.07, 6.45) is 1.52. The molecule has 1 heterocycles. The number of nitrogens with zero attached hydrogens (tertiary/aromatic N) is 3. The summed E-state index contributed by atoms with van der Waals surface area (Å²) in [6, 6.07) is 13.9. The van der Waals surface area contributed by atoms with Crippen LogP contribution in [-0.4, -0.2) is 29.4 Å². The Morgan fingerprint density at radius 1 is 1.14 bits per heavy atom. The van der Waals surface area contributed by atoms with Gasteiger partial charge in [-0.1, -0.05) is 48.8 Å². The van der Waals surface area contributed by atoms with E-state index in [9.17, 15) is 8.42 Å². The molecule has 29 heavy (non-hydrogen) atoms. The molecule has 0 saturated heterocycles. The van der Waals surface area contributed by atoms with Gasteiger partial charge in [0, 0.05) is 17.1 Å². The summed E-state index contributed by atoms with van der Waals surface area (Å²) in [5, 5.41) is 4.54. The number of aromatic nitrogens is 2. The maximum Gasteiger partial charge on any atom is 0.243 e. The van der Waals surface area contributed by atoms with Gasteiger partial charge in [0.15, 0.2) is 0 Å². The summed E-state index contributed by atoms with van der Waals surface area (Å²) in [5.41, 5.74) is 1.80. The van der Waals surface area contributed by atoms with Crippen molar-refractivity contribution in [3.63, 3.8) is 0 Å². The smallest absolute Gasteiger partial charge is 0.243 e. The van der Waals surface area contributed by atoms with E-state index in [1.165, 1.54) is 10.4 Å². The Morgan fingerprint density at radius 3 is 2.38 bits per heavy atom. The van der Waals surface area contributed by atoms with Crippen LogP contribution in [0.15, 0.2) is 70.6 Å². The highest BCUT2D eigenvalue weighted by Crippen LogP contribution is 2.23. The Bertz CT molecular complexity index is 1080. The summed E-state index contributed by atoms with van der Waals surface area (Å²) in [6.45, 7) is 7.84. The zero-order valence-electron chi connectivity index (χ0n) is 16.2. The van der Waals surface area contributed by atoms with Gasteiger partial charge in [-0.2, -0.15) is 9.29 Å². The van der Waals surface area contributed by atoms with Gasteiger partial charge < -0.3 is 4.52 Å². The van der Waals surface area contributed by atoms with Crippen molar-refractivity contribution in [1.82, 2.24) is 14.4 Å². The number of rotatable bonds is 8. The van der Waals surface area contributed by atoms with Gasteiger partial charge in [-0.05, 0) is 47.9 Å². The Labute approximate surface area is 175 Å². The van der Waals surface area contributed by atoms with Crippen LogP contribution < -0.4 is 0 Å². The summed E-state index contributed by atoms with van der Waals surface area (Å²) in [7, 11) is -3.75. The Hall–Kier alpha value is -2.48. The van der Waals surface area contributed by atoms with Crippen molar-refractivity contribution in [3.05, 3.63) is 77.7 Å². The summed E-state index contributed by atoms with van der Waals surface area (Å²) >= 11 is 5.90. The number of hydrogen-bond acceptors (Lipinski definition) is 5. The standard InChI is InChI=1S/C21H22ClN3O3S/c1-4-13-25(29(26,27)19-11-7-16(8-12-19)15(2)3)14-20-23-21(24-28-20)17-5-9-18(22)10-6-17/h4-12,15H,1,13-14H2,2-3H3. The van der Waals surface area contributed by atoms with Gasteiger partial charge in [0.05, 0.1) is 11.4 Å². The van der Waals surface area contributed by atoms with Crippen LogP contribution in [0.4, 0.5) is 0 Å². The lowest BCUT2D eigenvalue weighted by Gasteiger charge is -2.19. The van der Waals surface area contributed by atoms with Gasteiger partial charge in [-0.15, -0.1) is 6.58 Å². The summed E-state index contributed by atoms with van der Waals surface area (Å²) < 4.78 is 32.7. The van der Waals surface area contributed by atoms with E-state index in [2.05, 4.69) is 30.6 Å². The molecule has 8 heteroatoms. The van der Waals surface area contributed by atoms with Gasteiger partial charge in [-0.25, -0.2) is 8.42 Å². The minimum atomic E-state index is -3.75. The molecule has 0 fully saturated rings. The third-order valence-electron chi connectivity index (χ3n) is 4.40. The normalized spacial score (nSPS) is 11.9. The van der Waals surface area contributed by atoms with Gasteiger partial charge in [0.2, 0.25) is 21.7 Å². The van der Waals surface area contributed by atoms with Crippen LogP contribution in [0, 0.1) is 0 Å². The average molecular weight is 432 g/mol. The molecule has 3 rings (SSSR count). The lowest BCUT2D eigenvalue weighted by Crippen LogP contribution is -2.31. The molecule has 0 atom stereocenters. The van der Waals surface area contributed by atoms with Crippen LogP contribution >= 0.6 is 11.6 Å². The number of hydrogen-bond donors (Lipinski definition) is 0. The van der Waals surface area contributed by atoms with E-state index in [-0.39, 0.29) is 23.9 Å². The van der Waals surface area contributed by atoms with Crippen molar-refractivity contribution < 1.29 is 12.9 Å². The minimum Gasteiger partial charge on any atom is -0.338 e. The second-order valence-electron chi connectivity index (χ2n) is 6.83. The molecular formula is C21H22ClN3O3S. The van der Waals surface area contributed by atoms with Gasteiger partial charge in [-0.3, -0.25) is 0 Å². The van der Waals surface area contributed by atoms with Crippen LogP contribution in [-0.2, 0) is 16.6 Å². The third-order valence-corrected chi connectivity index (χ3v) is 6.48. The molecule has 6 nitrogen and oxygen atoms in total. The van der Waals surface area contributed by atoms with Crippen molar-refractivity contribution >= 4 is 21.6 Å². The molecule has 152 valence electrons. The topological polar surface area (TPSA) is 76.3 Å². The van der Waals surface area contributed by atoms with E-state index in [0.29, 0.717) is 16.8 Å². The van der Waals surface area contributed by atoms with Crippen molar-refractivity contribution in [2.24, 2.45) is 0 Å². The molecule has 0 N–H and O–H groups in total. The monoisotopic (exact) mass is 431 g/mol. The van der Waals surface area contributed by atoms with Gasteiger partial charge in [0.25, 0.3) is 0 Å². The van der Waals surface area contributed by atoms with Crippen LogP contribution in [0.5, 0.6) is 0 Å². The number of benzene rings is 2. The Kier molecular flexibility index (Phi) is 6.52. The molecule has 0 aliphatic carbocycles. The molecule has 0 unspecified atom stereocenters. The molecule has 0 aliphatic rings.